The Morgan fingerprint density at radius 2 is 2.37 bits per heavy atom. The Morgan fingerprint density at radius 1 is 1.53 bits per heavy atom. The lowest BCUT2D eigenvalue weighted by atomic mass is 10.4. The summed E-state index contributed by atoms with van der Waals surface area (Å²) in [4.78, 5) is 17.1. The number of nitrogens with two attached hydrogens (primary N) is 1. The van der Waals surface area contributed by atoms with E-state index in [1.165, 1.54) is 11.3 Å². The molecule has 3 heterocycles. The van der Waals surface area contributed by atoms with Crippen LogP contribution in [0.2, 0.25) is 0 Å². The van der Waals surface area contributed by atoms with Gasteiger partial charge in [-0.2, -0.15) is 0 Å². The van der Waals surface area contributed by atoms with Crippen molar-refractivity contribution in [3.05, 3.63) is 41.4 Å². The largest absolute Gasteiger partial charge is 0.454 e. The van der Waals surface area contributed by atoms with E-state index in [0.717, 1.165) is 10.7 Å². The van der Waals surface area contributed by atoms with Gasteiger partial charge >= 0.3 is 5.97 Å². The number of carbonyl (C=O) groups is 1. The first-order valence-electron chi connectivity index (χ1n) is 5.63. The molecule has 0 aromatic carbocycles. The molecule has 0 unspecified atom stereocenters. The smallest absolute Gasteiger partial charge is 0.355 e. The number of aryl methyl sites for hydroxylation is 1. The highest BCUT2D eigenvalue weighted by molar-refractivity contribution is 7.15. The number of ether oxygens (including phenoxy) is 1. The zero-order valence-electron chi connectivity index (χ0n) is 10.2. The second-order valence-corrected chi connectivity index (χ2v) is 5.04. The second-order valence-electron chi connectivity index (χ2n) is 4.17. The Labute approximate surface area is 113 Å². The first-order valence-corrected chi connectivity index (χ1v) is 6.51. The quantitative estimate of drug-likeness (QED) is 0.738. The number of imidazole rings is 1. The van der Waals surface area contributed by atoms with Gasteiger partial charge in [-0.1, -0.05) is 0 Å². The maximum atomic E-state index is 11.9. The number of thiazole rings is 1. The van der Waals surface area contributed by atoms with Crippen molar-refractivity contribution in [3.63, 3.8) is 0 Å². The summed E-state index contributed by atoms with van der Waals surface area (Å²) < 4.78 is 8.76. The van der Waals surface area contributed by atoms with E-state index in [0.29, 0.717) is 11.4 Å². The number of carbonyl (C=O) groups excluding carboxylic acids is 1. The molecule has 0 saturated heterocycles. The number of rotatable bonds is 3. The molecule has 0 bridgehead atoms. The number of anilines is 1. The highest BCUT2D eigenvalue weighted by Crippen LogP contribution is 2.14. The fraction of sp³-hybridized carbons (Fsp3) is 0.167. The van der Waals surface area contributed by atoms with E-state index in [-0.39, 0.29) is 6.61 Å². The molecule has 2 N–H and O–H groups in total. The predicted octanol–water partition coefficient (Wildman–Crippen LogP) is 1.67. The molecule has 0 saturated carbocycles. The molecule has 7 heteroatoms. The summed E-state index contributed by atoms with van der Waals surface area (Å²) in [6.45, 7) is 0.151. The average Bonchev–Trinajstić information content (AvgIpc) is 3.00. The van der Waals surface area contributed by atoms with Gasteiger partial charge < -0.3 is 15.0 Å². The third-order valence-electron chi connectivity index (χ3n) is 2.73. The fourth-order valence-electron chi connectivity index (χ4n) is 1.85. The SMILES string of the molecule is Cn1cc(N)cc1C(=O)OCc1cn2ccsc2n1. The summed E-state index contributed by atoms with van der Waals surface area (Å²) in [6.07, 6.45) is 5.43. The van der Waals surface area contributed by atoms with Crippen molar-refractivity contribution in [1.82, 2.24) is 14.0 Å². The van der Waals surface area contributed by atoms with Crippen molar-refractivity contribution >= 4 is 28.0 Å². The molecule has 0 aliphatic rings. The van der Waals surface area contributed by atoms with Gasteiger partial charge in [0.15, 0.2) is 4.96 Å². The van der Waals surface area contributed by atoms with E-state index < -0.39 is 5.97 Å². The molecule has 0 spiro atoms. The summed E-state index contributed by atoms with van der Waals surface area (Å²) in [6, 6.07) is 1.59. The van der Waals surface area contributed by atoms with Gasteiger partial charge in [0.2, 0.25) is 0 Å². The minimum absolute atomic E-state index is 0.151. The maximum Gasteiger partial charge on any atom is 0.355 e. The van der Waals surface area contributed by atoms with Gasteiger partial charge in [0.05, 0.1) is 11.4 Å². The molecule has 6 nitrogen and oxygen atoms in total. The van der Waals surface area contributed by atoms with Gasteiger partial charge in [-0.05, 0) is 6.07 Å². The molecule has 3 aromatic heterocycles. The predicted molar refractivity (Wildman–Crippen MR) is 72.0 cm³/mol. The average molecular weight is 276 g/mol. The molecule has 0 fully saturated rings. The summed E-state index contributed by atoms with van der Waals surface area (Å²) in [5.41, 5.74) is 7.31. The minimum atomic E-state index is -0.407. The standard InChI is InChI=1S/C12H12N4O2S/c1-15-5-8(13)4-10(15)11(17)18-7-9-6-16-2-3-19-12(16)14-9/h2-6H,7,13H2,1H3. The van der Waals surface area contributed by atoms with Crippen molar-refractivity contribution in [2.24, 2.45) is 7.05 Å². The van der Waals surface area contributed by atoms with E-state index >= 15 is 0 Å². The molecule has 19 heavy (non-hydrogen) atoms. The molecule has 0 amide bonds. The Hall–Kier alpha value is -2.28. The van der Waals surface area contributed by atoms with Crippen LogP contribution >= 0.6 is 11.3 Å². The van der Waals surface area contributed by atoms with Crippen molar-refractivity contribution in [1.29, 1.82) is 0 Å². The van der Waals surface area contributed by atoms with Crippen LogP contribution in [-0.2, 0) is 18.4 Å². The molecule has 3 rings (SSSR count). The van der Waals surface area contributed by atoms with Gasteiger partial charge in [0, 0.05) is 31.0 Å². The molecule has 0 atom stereocenters. The van der Waals surface area contributed by atoms with E-state index in [4.69, 9.17) is 10.5 Å². The Morgan fingerprint density at radius 3 is 3.05 bits per heavy atom. The normalized spacial score (nSPS) is 11.0. The summed E-state index contributed by atoms with van der Waals surface area (Å²) in [7, 11) is 1.75. The lowest BCUT2D eigenvalue weighted by Crippen LogP contribution is -2.09. The third kappa shape index (κ3) is 2.19. The Balaban J connectivity index is 1.70. The number of nitrogens with zero attached hydrogens (tertiary/aromatic N) is 3. The highest BCUT2D eigenvalue weighted by Gasteiger charge is 2.13. The van der Waals surface area contributed by atoms with Gasteiger partial charge in [0.25, 0.3) is 0 Å². The zero-order valence-corrected chi connectivity index (χ0v) is 11.1. The molecule has 98 valence electrons. The number of aromatic nitrogens is 3. The first kappa shape index (κ1) is 11.8. The van der Waals surface area contributed by atoms with Crippen LogP contribution in [0.4, 0.5) is 5.69 Å². The summed E-state index contributed by atoms with van der Waals surface area (Å²) >= 11 is 1.54. The number of hydrogen-bond acceptors (Lipinski definition) is 5. The van der Waals surface area contributed by atoms with Gasteiger partial charge in [-0.25, -0.2) is 9.78 Å². The van der Waals surface area contributed by atoms with Crippen molar-refractivity contribution in [2.45, 2.75) is 6.61 Å². The van der Waals surface area contributed by atoms with E-state index in [9.17, 15) is 4.79 Å². The van der Waals surface area contributed by atoms with Crippen LogP contribution in [0.5, 0.6) is 0 Å². The van der Waals surface area contributed by atoms with Crippen LogP contribution in [-0.4, -0.2) is 19.9 Å². The summed E-state index contributed by atoms with van der Waals surface area (Å²) in [5.74, 6) is -0.407. The number of esters is 1. The van der Waals surface area contributed by atoms with Crippen LogP contribution in [0.1, 0.15) is 16.2 Å². The molecule has 0 radical (unpaired) electrons. The van der Waals surface area contributed by atoms with Crippen molar-refractivity contribution in [3.8, 4) is 0 Å². The Bertz CT molecular complexity index is 711. The Kier molecular flexibility index (Phi) is 2.75. The zero-order chi connectivity index (χ0) is 13.4. The van der Waals surface area contributed by atoms with Crippen LogP contribution < -0.4 is 5.73 Å². The van der Waals surface area contributed by atoms with Crippen LogP contribution in [0.25, 0.3) is 4.96 Å². The molecular formula is C12H12N4O2S. The fourth-order valence-corrected chi connectivity index (χ4v) is 2.57. The molecular weight excluding hydrogens is 264 g/mol. The number of hydrogen-bond donors (Lipinski definition) is 1. The highest BCUT2D eigenvalue weighted by atomic mass is 32.1. The van der Waals surface area contributed by atoms with Crippen molar-refractivity contribution < 1.29 is 9.53 Å². The topological polar surface area (TPSA) is 74.5 Å². The van der Waals surface area contributed by atoms with E-state index in [1.54, 1.807) is 23.9 Å². The number of nitrogen functional groups attached to an aromatic ring is 1. The molecule has 0 aliphatic heterocycles. The monoisotopic (exact) mass is 276 g/mol. The van der Waals surface area contributed by atoms with Gasteiger partial charge in [-0.15, -0.1) is 11.3 Å². The third-order valence-corrected chi connectivity index (χ3v) is 3.50. The summed E-state index contributed by atoms with van der Waals surface area (Å²) in [5, 5.41) is 1.95. The lowest BCUT2D eigenvalue weighted by molar-refractivity contribution is 0.0457. The van der Waals surface area contributed by atoms with Crippen LogP contribution in [0, 0.1) is 0 Å². The van der Waals surface area contributed by atoms with Crippen LogP contribution in [0.3, 0.4) is 0 Å². The van der Waals surface area contributed by atoms with E-state index in [1.807, 2.05) is 22.2 Å². The van der Waals surface area contributed by atoms with E-state index in [2.05, 4.69) is 4.98 Å². The number of fused-ring (bicyclic) bond motifs is 1. The second kappa shape index (κ2) is 4.43. The molecule has 0 aliphatic carbocycles. The lowest BCUT2D eigenvalue weighted by Gasteiger charge is -2.03. The van der Waals surface area contributed by atoms with Gasteiger partial charge in [0.1, 0.15) is 12.3 Å². The maximum absolute atomic E-state index is 11.9. The van der Waals surface area contributed by atoms with Gasteiger partial charge in [-0.3, -0.25) is 4.40 Å². The minimum Gasteiger partial charge on any atom is -0.454 e. The molecule has 3 aromatic rings. The van der Waals surface area contributed by atoms with Crippen molar-refractivity contribution in [2.75, 3.05) is 5.73 Å². The van der Waals surface area contributed by atoms with Crippen LogP contribution in [0.15, 0.2) is 30.0 Å². The first-order chi connectivity index (χ1) is 9.13.